The molecule has 3 rings (SSSR count). The summed E-state index contributed by atoms with van der Waals surface area (Å²) in [5.74, 6) is -0.400. The normalized spacial score (nSPS) is 16.6. The second-order valence-corrected chi connectivity index (χ2v) is 7.03. The fourth-order valence-electron chi connectivity index (χ4n) is 3.61. The van der Waals surface area contributed by atoms with E-state index in [0.29, 0.717) is 6.61 Å². The molecule has 0 bridgehead atoms. The highest BCUT2D eigenvalue weighted by Crippen LogP contribution is 2.32. The summed E-state index contributed by atoms with van der Waals surface area (Å²) in [5.41, 5.74) is 3.86. The zero-order valence-electron chi connectivity index (χ0n) is 16.3. The van der Waals surface area contributed by atoms with Gasteiger partial charge in [0.05, 0.1) is 12.6 Å². The molecule has 2 aromatic rings. The third-order valence-electron chi connectivity index (χ3n) is 4.90. The van der Waals surface area contributed by atoms with Crippen molar-refractivity contribution in [3.8, 4) is 5.75 Å². The number of ether oxygens (including phenoxy) is 1. The van der Waals surface area contributed by atoms with Crippen molar-refractivity contribution in [1.29, 1.82) is 0 Å². The molecule has 2 atom stereocenters. The van der Waals surface area contributed by atoms with Crippen molar-refractivity contribution in [3.63, 3.8) is 0 Å². The van der Waals surface area contributed by atoms with Crippen molar-refractivity contribution in [1.82, 2.24) is 5.32 Å². The molecule has 0 fully saturated rings. The molecule has 1 heterocycles. The van der Waals surface area contributed by atoms with Gasteiger partial charge in [0, 0.05) is 17.3 Å². The van der Waals surface area contributed by atoms with Crippen molar-refractivity contribution in [2.24, 2.45) is 0 Å². The van der Waals surface area contributed by atoms with Gasteiger partial charge in [0.1, 0.15) is 5.75 Å². The number of carbonyl (C=O) groups is 2. The number of para-hydroxylation sites is 1. The van der Waals surface area contributed by atoms with Crippen LogP contribution in [-0.2, 0) is 16.0 Å². The van der Waals surface area contributed by atoms with E-state index in [-0.39, 0.29) is 12.1 Å². The predicted molar refractivity (Wildman–Crippen MR) is 106 cm³/mol. The van der Waals surface area contributed by atoms with Gasteiger partial charge < -0.3 is 15.0 Å². The minimum absolute atomic E-state index is 0.0334. The molecule has 0 saturated heterocycles. The zero-order chi connectivity index (χ0) is 19.6. The van der Waals surface area contributed by atoms with E-state index >= 15 is 0 Å². The van der Waals surface area contributed by atoms with Gasteiger partial charge in [-0.1, -0.05) is 35.9 Å². The number of nitrogens with zero attached hydrogens (tertiary/aromatic N) is 1. The van der Waals surface area contributed by atoms with Crippen molar-refractivity contribution in [3.05, 3.63) is 59.2 Å². The summed E-state index contributed by atoms with van der Waals surface area (Å²) >= 11 is 0. The Morgan fingerprint density at radius 1 is 1.26 bits per heavy atom. The van der Waals surface area contributed by atoms with Crippen LogP contribution in [0.3, 0.4) is 0 Å². The molecule has 2 amide bonds. The summed E-state index contributed by atoms with van der Waals surface area (Å²) in [6, 6.07) is 13.2. The molecule has 0 aromatic heterocycles. The van der Waals surface area contributed by atoms with Crippen LogP contribution < -0.4 is 15.0 Å². The van der Waals surface area contributed by atoms with E-state index in [1.807, 2.05) is 70.2 Å². The number of rotatable bonds is 4. The number of nitrogens with one attached hydrogen (secondary N) is 1. The minimum Gasteiger partial charge on any atom is -0.494 e. The third-order valence-corrected chi connectivity index (χ3v) is 4.90. The first-order chi connectivity index (χ1) is 12.9. The number of carbonyl (C=O) groups excluding carboxylic acids is 2. The lowest BCUT2D eigenvalue weighted by atomic mass is 10.0. The van der Waals surface area contributed by atoms with E-state index in [1.165, 1.54) is 0 Å². The van der Waals surface area contributed by atoms with E-state index in [1.54, 1.807) is 4.90 Å². The van der Waals surface area contributed by atoms with Gasteiger partial charge in [0.2, 0.25) is 0 Å². The number of hydrogen-bond donors (Lipinski definition) is 1. The van der Waals surface area contributed by atoms with Crippen LogP contribution in [0.1, 0.15) is 43.5 Å². The molecule has 142 valence electrons. The Bertz CT molecular complexity index is 862. The predicted octanol–water partition coefficient (Wildman–Crippen LogP) is 3.55. The summed E-state index contributed by atoms with van der Waals surface area (Å²) in [4.78, 5) is 27.1. The average molecular weight is 366 g/mol. The monoisotopic (exact) mass is 366 g/mol. The van der Waals surface area contributed by atoms with E-state index in [9.17, 15) is 9.59 Å². The van der Waals surface area contributed by atoms with Gasteiger partial charge in [-0.25, -0.2) is 0 Å². The van der Waals surface area contributed by atoms with Crippen molar-refractivity contribution in [2.75, 3.05) is 11.5 Å². The maximum absolute atomic E-state index is 12.8. The van der Waals surface area contributed by atoms with Crippen LogP contribution in [0.5, 0.6) is 5.75 Å². The Morgan fingerprint density at radius 3 is 2.74 bits per heavy atom. The largest absolute Gasteiger partial charge is 0.494 e. The molecule has 0 radical (unpaired) electrons. The summed E-state index contributed by atoms with van der Waals surface area (Å²) in [6.07, 6.45) is 0.761. The van der Waals surface area contributed by atoms with Crippen LogP contribution in [0.15, 0.2) is 42.5 Å². The fraction of sp³-hybridized carbons (Fsp3) is 0.364. The van der Waals surface area contributed by atoms with Gasteiger partial charge >= 0.3 is 11.8 Å². The molecule has 2 aromatic carbocycles. The van der Waals surface area contributed by atoms with E-state index in [0.717, 1.165) is 34.5 Å². The van der Waals surface area contributed by atoms with Gasteiger partial charge in [-0.15, -0.1) is 0 Å². The van der Waals surface area contributed by atoms with Crippen LogP contribution in [0.25, 0.3) is 0 Å². The molecule has 5 heteroatoms. The number of fused-ring (bicyclic) bond motifs is 1. The molecular formula is C22H26N2O3. The Labute approximate surface area is 160 Å². The van der Waals surface area contributed by atoms with Crippen LogP contribution in [-0.4, -0.2) is 24.5 Å². The number of benzene rings is 2. The Hall–Kier alpha value is -2.82. The number of amides is 2. The quantitative estimate of drug-likeness (QED) is 0.842. The van der Waals surface area contributed by atoms with Gasteiger partial charge in [0.25, 0.3) is 0 Å². The van der Waals surface area contributed by atoms with Crippen molar-refractivity contribution < 1.29 is 14.3 Å². The first kappa shape index (κ1) is 19.0. The maximum Gasteiger partial charge on any atom is 0.316 e. The van der Waals surface area contributed by atoms with Crippen LogP contribution >= 0.6 is 0 Å². The van der Waals surface area contributed by atoms with Crippen molar-refractivity contribution >= 4 is 17.5 Å². The molecule has 1 aliphatic rings. The zero-order valence-corrected chi connectivity index (χ0v) is 16.3. The SMILES string of the molecule is CCOc1ccc(C)cc1C(C)NC(=O)C(=O)N1c2ccccc2CC1C. The number of aryl methyl sites for hydroxylation is 1. The average Bonchev–Trinajstić information content (AvgIpc) is 2.98. The number of hydrogen-bond acceptors (Lipinski definition) is 3. The highest BCUT2D eigenvalue weighted by molar-refractivity contribution is 6.40. The molecule has 1 aliphatic heterocycles. The van der Waals surface area contributed by atoms with E-state index in [4.69, 9.17) is 4.74 Å². The summed E-state index contributed by atoms with van der Waals surface area (Å²) in [6.45, 7) is 8.27. The lowest BCUT2D eigenvalue weighted by Gasteiger charge is -2.24. The summed E-state index contributed by atoms with van der Waals surface area (Å²) < 4.78 is 5.67. The topological polar surface area (TPSA) is 58.6 Å². The highest BCUT2D eigenvalue weighted by Gasteiger charge is 2.34. The second kappa shape index (κ2) is 7.82. The van der Waals surface area contributed by atoms with Crippen molar-refractivity contribution in [2.45, 2.75) is 46.2 Å². The molecular weight excluding hydrogens is 340 g/mol. The first-order valence-electron chi connectivity index (χ1n) is 9.37. The lowest BCUT2D eigenvalue weighted by molar-refractivity contribution is -0.138. The highest BCUT2D eigenvalue weighted by atomic mass is 16.5. The molecule has 0 saturated carbocycles. The lowest BCUT2D eigenvalue weighted by Crippen LogP contribution is -2.46. The molecule has 0 aliphatic carbocycles. The van der Waals surface area contributed by atoms with Crippen LogP contribution in [0, 0.1) is 6.92 Å². The Balaban J connectivity index is 1.78. The maximum atomic E-state index is 12.8. The second-order valence-electron chi connectivity index (χ2n) is 7.03. The third kappa shape index (κ3) is 3.82. The van der Waals surface area contributed by atoms with Gasteiger partial charge in [-0.05, 0) is 51.8 Å². The molecule has 5 nitrogen and oxygen atoms in total. The molecule has 1 N–H and O–H groups in total. The minimum atomic E-state index is -0.602. The Kier molecular flexibility index (Phi) is 5.49. The van der Waals surface area contributed by atoms with E-state index in [2.05, 4.69) is 5.32 Å². The fourth-order valence-corrected chi connectivity index (χ4v) is 3.61. The van der Waals surface area contributed by atoms with Gasteiger partial charge in [-0.3, -0.25) is 9.59 Å². The van der Waals surface area contributed by atoms with Gasteiger partial charge in [0.15, 0.2) is 0 Å². The summed E-state index contributed by atoms with van der Waals surface area (Å²) in [7, 11) is 0. The van der Waals surface area contributed by atoms with Gasteiger partial charge in [-0.2, -0.15) is 0 Å². The number of anilines is 1. The smallest absolute Gasteiger partial charge is 0.316 e. The van der Waals surface area contributed by atoms with E-state index < -0.39 is 11.8 Å². The van der Waals surface area contributed by atoms with Crippen LogP contribution in [0.4, 0.5) is 5.69 Å². The summed E-state index contributed by atoms with van der Waals surface area (Å²) in [5, 5.41) is 2.84. The Morgan fingerprint density at radius 2 is 2.00 bits per heavy atom. The molecule has 0 spiro atoms. The molecule has 27 heavy (non-hydrogen) atoms. The van der Waals surface area contributed by atoms with Crippen LogP contribution in [0.2, 0.25) is 0 Å². The molecule has 2 unspecified atom stereocenters. The first-order valence-corrected chi connectivity index (χ1v) is 9.37. The standard InChI is InChI=1S/C22H26N2O3/c1-5-27-20-11-10-14(2)12-18(20)16(4)23-21(25)22(26)24-15(3)13-17-8-6-7-9-19(17)24/h6-12,15-16H,5,13H2,1-4H3,(H,23,25).